The van der Waals surface area contributed by atoms with Gasteiger partial charge in [-0.05, 0) is 18.6 Å². The van der Waals surface area contributed by atoms with Crippen LogP contribution < -0.4 is 10.6 Å². The first-order valence-electron chi connectivity index (χ1n) is 8.94. The molecule has 0 unspecified atom stereocenters. The van der Waals surface area contributed by atoms with Crippen molar-refractivity contribution in [1.82, 2.24) is 10.6 Å². The van der Waals surface area contributed by atoms with E-state index in [1.807, 2.05) is 6.07 Å². The third-order valence-electron chi connectivity index (χ3n) is 3.97. The third kappa shape index (κ3) is 6.68. The van der Waals surface area contributed by atoms with E-state index in [0.717, 1.165) is 0 Å². The zero-order valence-corrected chi connectivity index (χ0v) is 15.3. The summed E-state index contributed by atoms with van der Waals surface area (Å²) in [5, 5.41) is 13.8. The standard InChI is InChI=1S/C21H22N2O5/c24-18(11-12-19(25)26)22-13-4-14-23-21(28)17-9-7-16(8-10-17)20(27)15-5-2-1-3-6-15/h1-3,5-10H,4,11-14H2,(H,22,24)(H,23,28)(H,25,26). The van der Waals surface area contributed by atoms with Crippen LogP contribution in [0.1, 0.15) is 45.5 Å². The Morgan fingerprint density at radius 3 is 1.93 bits per heavy atom. The number of ketones is 1. The summed E-state index contributed by atoms with van der Waals surface area (Å²) < 4.78 is 0. The lowest BCUT2D eigenvalue weighted by Gasteiger charge is -2.07. The van der Waals surface area contributed by atoms with Crippen molar-refractivity contribution in [3.05, 3.63) is 71.3 Å². The second-order valence-electron chi connectivity index (χ2n) is 6.13. The lowest BCUT2D eigenvalue weighted by molar-refractivity contribution is -0.138. The summed E-state index contributed by atoms with van der Waals surface area (Å²) in [5.74, 6) is -1.71. The van der Waals surface area contributed by atoms with Crippen LogP contribution in [0.25, 0.3) is 0 Å². The highest BCUT2D eigenvalue weighted by molar-refractivity contribution is 6.09. The predicted octanol–water partition coefficient (Wildman–Crippen LogP) is 2.02. The maximum atomic E-state index is 12.3. The van der Waals surface area contributed by atoms with Gasteiger partial charge in [0, 0.05) is 36.2 Å². The molecule has 28 heavy (non-hydrogen) atoms. The smallest absolute Gasteiger partial charge is 0.303 e. The van der Waals surface area contributed by atoms with Gasteiger partial charge in [-0.25, -0.2) is 0 Å². The van der Waals surface area contributed by atoms with Crippen molar-refractivity contribution in [3.8, 4) is 0 Å². The van der Waals surface area contributed by atoms with Crippen LogP contribution in [0.5, 0.6) is 0 Å². The highest BCUT2D eigenvalue weighted by Gasteiger charge is 2.10. The van der Waals surface area contributed by atoms with Crippen molar-refractivity contribution in [1.29, 1.82) is 0 Å². The number of rotatable bonds is 10. The molecule has 0 atom stereocenters. The summed E-state index contributed by atoms with van der Waals surface area (Å²) in [6.07, 6.45) is 0.260. The van der Waals surface area contributed by atoms with Crippen molar-refractivity contribution in [2.75, 3.05) is 13.1 Å². The van der Waals surface area contributed by atoms with E-state index in [9.17, 15) is 19.2 Å². The van der Waals surface area contributed by atoms with Gasteiger partial charge in [0.05, 0.1) is 6.42 Å². The number of carboxylic acids is 1. The minimum atomic E-state index is -1.01. The lowest BCUT2D eigenvalue weighted by Crippen LogP contribution is -2.30. The largest absolute Gasteiger partial charge is 0.481 e. The van der Waals surface area contributed by atoms with Crippen LogP contribution in [0, 0.1) is 0 Å². The zero-order chi connectivity index (χ0) is 20.4. The van der Waals surface area contributed by atoms with Gasteiger partial charge in [-0.2, -0.15) is 0 Å². The van der Waals surface area contributed by atoms with Crippen molar-refractivity contribution in [2.45, 2.75) is 19.3 Å². The van der Waals surface area contributed by atoms with E-state index in [1.54, 1.807) is 48.5 Å². The average Bonchev–Trinajstić information content (AvgIpc) is 2.72. The molecular weight excluding hydrogens is 360 g/mol. The molecule has 0 aliphatic rings. The first-order chi connectivity index (χ1) is 13.5. The van der Waals surface area contributed by atoms with Crippen molar-refractivity contribution >= 4 is 23.6 Å². The summed E-state index contributed by atoms with van der Waals surface area (Å²) in [7, 11) is 0. The Morgan fingerprint density at radius 2 is 1.29 bits per heavy atom. The predicted molar refractivity (Wildman–Crippen MR) is 103 cm³/mol. The molecule has 7 nitrogen and oxygen atoms in total. The molecular formula is C21H22N2O5. The SMILES string of the molecule is O=C(O)CCC(=O)NCCCNC(=O)c1ccc(C(=O)c2ccccc2)cc1. The molecule has 2 aromatic carbocycles. The van der Waals surface area contributed by atoms with Crippen molar-refractivity contribution < 1.29 is 24.3 Å². The second kappa shape index (κ2) is 10.6. The Morgan fingerprint density at radius 1 is 0.714 bits per heavy atom. The van der Waals surface area contributed by atoms with Gasteiger partial charge >= 0.3 is 5.97 Å². The Labute approximate surface area is 162 Å². The Bertz CT molecular complexity index is 832. The van der Waals surface area contributed by atoms with Gasteiger partial charge in [0.15, 0.2) is 5.78 Å². The molecule has 0 radical (unpaired) electrons. The van der Waals surface area contributed by atoms with Crippen LogP contribution in [-0.4, -0.2) is 41.8 Å². The van der Waals surface area contributed by atoms with Crippen LogP contribution in [-0.2, 0) is 9.59 Å². The molecule has 7 heteroatoms. The average molecular weight is 382 g/mol. The summed E-state index contributed by atoms with van der Waals surface area (Å²) in [4.78, 5) is 46.2. The number of nitrogens with one attached hydrogen (secondary N) is 2. The van der Waals surface area contributed by atoms with Crippen LogP contribution in [0.3, 0.4) is 0 Å². The molecule has 2 amide bonds. The van der Waals surface area contributed by atoms with Crippen LogP contribution in [0.4, 0.5) is 0 Å². The molecule has 0 aliphatic heterocycles. The fourth-order valence-corrected chi connectivity index (χ4v) is 2.46. The molecule has 0 saturated heterocycles. The zero-order valence-electron chi connectivity index (χ0n) is 15.3. The van der Waals surface area contributed by atoms with Crippen LogP contribution in [0.2, 0.25) is 0 Å². The maximum Gasteiger partial charge on any atom is 0.303 e. The topological polar surface area (TPSA) is 113 Å². The Kier molecular flexibility index (Phi) is 7.90. The van der Waals surface area contributed by atoms with Gasteiger partial charge < -0.3 is 15.7 Å². The van der Waals surface area contributed by atoms with Gasteiger partial charge in [0.25, 0.3) is 5.91 Å². The molecule has 0 aliphatic carbocycles. The number of carboxylic acid groups (broad SMARTS) is 1. The number of hydrogen-bond acceptors (Lipinski definition) is 4. The lowest BCUT2D eigenvalue weighted by atomic mass is 10.0. The van der Waals surface area contributed by atoms with Gasteiger partial charge in [-0.15, -0.1) is 0 Å². The summed E-state index contributed by atoms with van der Waals surface area (Å²) in [6.45, 7) is 0.714. The van der Waals surface area contributed by atoms with Gasteiger partial charge in [-0.3, -0.25) is 19.2 Å². The summed E-state index contributed by atoms with van der Waals surface area (Å²) >= 11 is 0. The third-order valence-corrected chi connectivity index (χ3v) is 3.97. The summed E-state index contributed by atoms with van der Waals surface area (Å²) in [6, 6.07) is 15.3. The monoisotopic (exact) mass is 382 g/mol. The molecule has 3 N–H and O–H groups in total. The molecule has 2 rings (SSSR count). The fraction of sp³-hybridized carbons (Fsp3) is 0.238. The molecule has 0 bridgehead atoms. The Hall–Kier alpha value is -3.48. The number of benzene rings is 2. The highest BCUT2D eigenvalue weighted by atomic mass is 16.4. The van der Waals surface area contributed by atoms with E-state index in [4.69, 9.17) is 5.11 Å². The van der Waals surface area contributed by atoms with Crippen LogP contribution >= 0.6 is 0 Å². The quantitative estimate of drug-likeness (QED) is 0.430. The maximum absolute atomic E-state index is 12.3. The molecule has 146 valence electrons. The highest BCUT2D eigenvalue weighted by Crippen LogP contribution is 2.11. The van der Waals surface area contributed by atoms with Crippen LogP contribution in [0.15, 0.2) is 54.6 Å². The minimum absolute atomic E-state index is 0.0598. The van der Waals surface area contributed by atoms with Gasteiger partial charge in [0.1, 0.15) is 0 Å². The van der Waals surface area contributed by atoms with E-state index in [-0.39, 0.29) is 30.4 Å². The first kappa shape index (κ1) is 20.8. The number of carbonyl (C=O) groups is 4. The molecule has 0 aromatic heterocycles. The molecule has 0 heterocycles. The number of carbonyl (C=O) groups excluding carboxylic acids is 3. The molecule has 2 aromatic rings. The number of hydrogen-bond donors (Lipinski definition) is 3. The molecule has 0 spiro atoms. The molecule has 0 fully saturated rings. The molecule has 0 saturated carbocycles. The van der Waals surface area contributed by atoms with Crippen molar-refractivity contribution in [2.24, 2.45) is 0 Å². The van der Waals surface area contributed by atoms with E-state index in [2.05, 4.69) is 10.6 Å². The van der Waals surface area contributed by atoms with E-state index >= 15 is 0 Å². The first-order valence-corrected chi connectivity index (χ1v) is 8.94. The Balaban J connectivity index is 1.74. The fourth-order valence-electron chi connectivity index (χ4n) is 2.46. The van der Waals surface area contributed by atoms with E-state index in [0.29, 0.717) is 36.2 Å². The van der Waals surface area contributed by atoms with Gasteiger partial charge in [-0.1, -0.05) is 42.5 Å². The summed E-state index contributed by atoms with van der Waals surface area (Å²) in [5.41, 5.74) is 1.53. The normalized spacial score (nSPS) is 10.1. The van der Waals surface area contributed by atoms with E-state index in [1.165, 1.54) is 0 Å². The van der Waals surface area contributed by atoms with E-state index < -0.39 is 5.97 Å². The second-order valence-corrected chi connectivity index (χ2v) is 6.13. The van der Waals surface area contributed by atoms with Crippen molar-refractivity contribution in [3.63, 3.8) is 0 Å². The number of amides is 2. The number of aliphatic carboxylic acids is 1. The van der Waals surface area contributed by atoms with Gasteiger partial charge in [0.2, 0.25) is 5.91 Å². The minimum Gasteiger partial charge on any atom is -0.481 e.